The van der Waals surface area contributed by atoms with Crippen LogP contribution in [0.5, 0.6) is 0 Å². The standard InChI is InChI=1S/C29H32FN3O5S2/c1-6-29(37)20-10-23-25-18(13-33(23)26(35)19(20)14-38-27(29)36)17(16-9-15(2)21(30)11-22(16)32-25)12-31-24(34)7-8-28(3,4)40(5)39/h9-11,37H,6-8,12-14H2,1-5H3,(H,31,34)/t29-,40?/m0/s1. The Bertz CT molecular complexity index is 1680. The van der Waals surface area contributed by atoms with E-state index in [1.54, 1.807) is 26.0 Å². The highest BCUT2D eigenvalue weighted by Gasteiger charge is 2.45. The molecule has 2 aromatic heterocycles. The number of carbonyl (C=O) groups excluding carboxylic acids is 2. The number of pyridine rings is 2. The maximum absolute atomic E-state index is 14.6. The predicted octanol–water partition coefficient (Wildman–Crippen LogP) is 3.41. The van der Waals surface area contributed by atoms with Crippen molar-refractivity contribution >= 4 is 43.4 Å². The number of fused-ring (bicyclic) bond motifs is 5. The molecule has 11 heteroatoms. The molecule has 0 bridgehead atoms. The number of aromatic nitrogens is 2. The molecule has 3 aromatic rings. The molecule has 2 atom stereocenters. The molecule has 0 spiro atoms. The summed E-state index contributed by atoms with van der Waals surface area (Å²) in [5.41, 5.74) is 1.29. The van der Waals surface area contributed by atoms with Crippen LogP contribution in [0.15, 0.2) is 23.0 Å². The summed E-state index contributed by atoms with van der Waals surface area (Å²) in [6, 6.07) is 4.68. The number of hydrogen-bond acceptors (Lipinski definition) is 7. The smallest absolute Gasteiger partial charge is 0.343 e. The summed E-state index contributed by atoms with van der Waals surface area (Å²) in [5.74, 6) is -1.34. The van der Waals surface area contributed by atoms with E-state index in [1.807, 2.05) is 6.26 Å². The van der Waals surface area contributed by atoms with Crippen molar-refractivity contribution in [3.63, 3.8) is 0 Å². The van der Waals surface area contributed by atoms with E-state index in [0.717, 1.165) is 11.1 Å². The van der Waals surface area contributed by atoms with Crippen molar-refractivity contribution in [2.24, 2.45) is 0 Å². The predicted molar refractivity (Wildman–Crippen MR) is 155 cm³/mol. The van der Waals surface area contributed by atoms with Gasteiger partial charge in [0.05, 0.1) is 29.0 Å². The molecule has 2 N–H and O–H groups in total. The molecule has 40 heavy (non-hydrogen) atoms. The van der Waals surface area contributed by atoms with E-state index in [9.17, 15) is 23.9 Å². The third-order valence-electron chi connectivity index (χ3n) is 8.28. The van der Waals surface area contributed by atoms with Crippen LogP contribution in [0, 0.1) is 12.7 Å². The lowest BCUT2D eigenvalue weighted by Crippen LogP contribution is -2.44. The Morgan fingerprint density at radius 3 is 2.70 bits per heavy atom. The molecule has 1 aromatic carbocycles. The van der Waals surface area contributed by atoms with Crippen molar-refractivity contribution in [3.8, 4) is 11.4 Å². The maximum atomic E-state index is 14.6. The normalized spacial score (nSPS) is 18.6. The Balaban J connectivity index is 1.60. The minimum atomic E-state index is -1.95. The first-order valence-electron chi connectivity index (χ1n) is 13.2. The van der Waals surface area contributed by atoms with Gasteiger partial charge in [-0.05, 0) is 49.3 Å². The molecule has 1 unspecified atom stereocenters. The van der Waals surface area contributed by atoms with Gasteiger partial charge in [-0.1, -0.05) is 32.0 Å². The van der Waals surface area contributed by atoms with Gasteiger partial charge in [0.1, 0.15) is 12.4 Å². The molecule has 0 saturated heterocycles. The summed E-state index contributed by atoms with van der Waals surface area (Å²) in [5, 5.41) is 14.8. The van der Waals surface area contributed by atoms with Crippen LogP contribution in [0.3, 0.4) is 0 Å². The second-order valence-corrected chi connectivity index (χ2v) is 14.6. The van der Waals surface area contributed by atoms with Crippen LogP contribution in [0.1, 0.15) is 67.9 Å². The topological polar surface area (TPSA) is 111 Å². The largest absolute Gasteiger partial charge is 0.458 e. The lowest BCUT2D eigenvalue weighted by molar-refractivity contribution is -0.172. The summed E-state index contributed by atoms with van der Waals surface area (Å²) in [6.07, 6.45) is 2.98. The zero-order valence-electron chi connectivity index (χ0n) is 23.1. The molecular formula is C29H32FN3O5S2. The number of nitrogens with zero attached hydrogens (tertiary/aromatic N) is 2. The summed E-state index contributed by atoms with van der Waals surface area (Å²) >= 11 is 5.44. The highest BCUT2D eigenvalue weighted by atomic mass is 32.8. The van der Waals surface area contributed by atoms with Crippen LogP contribution in [0.25, 0.3) is 22.3 Å². The first-order chi connectivity index (χ1) is 18.8. The van der Waals surface area contributed by atoms with Gasteiger partial charge in [-0.3, -0.25) is 9.59 Å². The molecule has 212 valence electrons. The molecular weight excluding hydrogens is 553 g/mol. The molecule has 0 saturated carbocycles. The zero-order valence-corrected chi connectivity index (χ0v) is 24.8. The molecule has 8 nitrogen and oxygen atoms in total. The Morgan fingerprint density at radius 2 is 2.02 bits per heavy atom. The minimum Gasteiger partial charge on any atom is -0.458 e. The van der Waals surface area contributed by atoms with E-state index in [1.165, 1.54) is 10.6 Å². The average Bonchev–Trinajstić information content (AvgIpc) is 3.27. The number of amides is 1. The van der Waals surface area contributed by atoms with Crippen molar-refractivity contribution in [1.82, 2.24) is 14.9 Å². The van der Waals surface area contributed by atoms with Gasteiger partial charge in [-0.15, -0.1) is 9.45 Å². The van der Waals surface area contributed by atoms with Crippen molar-refractivity contribution in [2.75, 3.05) is 6.26 Å². The van der Waals surface area contributed by atoms with Gasteiger partial charge < -0.3 is 19.7 Å². The van der Waals surface area contributed by atoms with Gasteiger partial charge in [-0.2, -0.15) is 0 Å². The van der Waals surface area contributed by atoms with Crippen LogP contribution in [0.4, 0.5) is 4.39 Å². The number of nitrogens with one attached hydrogen (secondary N) is 1. The maximum Gasteiger partial charge on any atom is 0.343 e. The molecule has 0 radical (unpaired) electrons. The number of halogens is 1. The minimum absolute atomic E-state index is 0.0308. The third-order valence-corrected chi connectivity index (χ3v) is 11.4. The number of aliphatic hydroxyl groups is 1. The van der Waals surface area contributed by atoms with Crippen LogP contribution < -0.4 is 10.9 Å². The fourth-order valence-corrected chi connectivity index (χ4v) is 5.97. The average molecular weight is 586 g/mol. The number of hydrogen-bond donors (Lipinski definition) is 2. The number of cyclic esters (lactones) is 1. The highest BCUT2D eigenvalue weighted by Crippen LogP contribution is 2.40. The van der Waals surface area contributed by atoms with E-state index < -0.39 is 17.4 Å². The first-order valence-corrected chi connectivity index (χ1v) is 15.7. The quantitative estimate of drug-likeness (QED) is 0.320. The molecule has 5 rings (SSSR count). The highest BCUT2D eigenvalue weighted by molar-refractivity contribution is 8.29. The third kappa shape index (κ3) is 4.57. The monoisotopic (exact) mass is 585 g/mol. The van der Waals surface area contributed by atoms with Gasteiger partial charge in [0.2, 0.25) is 5.91 Å². The van der Waals surface area contributed by atoms with Crippen LogP contribution in [-0.4, -0.2) is 37.5 Å². The second kappa shape index (κ2) is 10.1. The Hall–Kier alpha value is -3.02. The Kier molecular flexibility index (Phi) is 7.21. The van der Waals surface area contributed by atoms with Crippen molar-refractivity contribution in [2.45, 2.75) is 77.0 Å². The molecule has 4 heterocycles. The SMILES string of the molecule is CC[C@@]1(O)C(=O)OCc2c1cc1n(c2=O)Cc2c-1nc1cc(F)c(C)cc1c2CNC(=O)CCC(C)(C)S(C)=S. The van der Waals surface area contributed by atoms with Gasteiger partial charge >= 0.3 is 5.97 Å². The van der Waals surface area contributed by atoms with Gasteiger partial charge in [0.15, 0.2) is 5.60 Å². The summed E-state index contributed by atoms with van der Waals surface area (Å²) < 4.78 is 21.2. The number of benzene rings is 1. The zero-order chi connectivity index (χ0) is 29.1. The van der Waals surface area contributed by atoms with E-state index in [-0.39, 0.29) is 62.9 Å². The lowest BCUT2D eigenvalue weighted by Gasteiger charge is -2.31. The van der Waals surface area contributed by atoms with Gasteiger partial charge in [0.25, 0.3) is 5.56 Å². The lowest BCUT2D eigenvalue weighted by atomic mass is 9.86. The number of rotatable bonds is 7. The number of carbonyl (C=O) groups is 2. The molecule has 1 amide bonds. The second-order valence-electron chi connectivity index (χ2n) is 11.1. The van der Waals surface area contributed by atoms with E-state index in [4.69, 9.17) is 20.9 Å². The number of aryl methyl sites for hydroxylation is 1. The Morgan fingerprint density at radius 1 is 1.30 bits per heavy atom. The van der Waals surface area contributed by atoms with E-state index >= 15 is 0 Å². The first kappa shape index (κ1) is 28.5. The molecule has 2 aliphatic heterocycles. The molecule has 0 aliphatic carbocycles. The number of ether oxygens (including phenoxy) is 1. The van der Waals surface area contributed by atoms with E-state index in [2.05, 4.69) is 19.2 Å². The Labute approximate surface area is 238 Å². The summed E-state index contributed by atoms with van der Waals surface area (Å²) in [4.78, 5) is 43.7. The van der Waals surface area contributed by atoms with Crippen molar-refractivity contribution in [1.29, 1.82) is 0 Å². The van der Waals surface area contributed by atoms with Gasteiger partial charge in [0, 0.05) is 40.3 Å². The van der Waals surface area contributed by atoms with Crippen molar-refractivity contribution < 1.29 is 23.8 Å². The van der Waals surface area contributed by atoms with Gasteiger partial charge in [-0.25, -0.2) is 14.2 Å². The van der Waals surface area contributed by atoms with Crippen molar-refractivity contribution in [3.05, 3.63) is 62.2 Å². The summed E-state index contributed by atoms with van der Waals surface area (Å²) in [7, 11) is -0.261. The van der Waals surface area contributed by atoms with Crippen LogP contribution >= 0.6 is 0 Å². The number of esters is 1. The van der Waals surface area contributed by atoms with E-state index in [0.29, 0.717) is 40.7 Å². The fourth-order valence-electron chi connectivity index (χ4n) is 5.33. The van der Waals surface area contributed by atoms with Crippen LogP contribution in [-0.2, 0) is 60.3 Å². The summed E-state index contributed by atoms with van der Waals surface area (Å²) in [6.45, 7) is 7.55. The fraction of sp³-hybridized carbons (Fsp3) is 0.448. The molecule has 0 fully saturated rings. The van der Waals surface area contributed by atoms with Crippen LogP contribution in [0.2, 0.25) is 0 Å². The molecule has 2 aliphatic rings.